The van der Waals surface area contributed by atoms with Crippen LogP contribution in [0.5, 0.6) is 5.75 Å². The van der Waals surface area contributed by atoms with Crippen molar-refractivity contribution in [1.82, 2.24) is 4.90 Å². The highest BCUT2D eigenvalue weighted by molar-refractivity contribution is 6.04. The molecule has 3 aromatic rings. The Balaban J connectivity index is 1.18. The summed E-state index contributed by atoms with van der Waals surface area (Å²) in [5.41, 5.74) is 2.56. The van der Waals surface area contributed by atoms with Crippen molar-refractivity contribution in [2.24, 2.45) is 0 Å². The van der Waals surface area contributed by atoms with Crippen molar-refractivity contribution in [3.63, 3.8) is 0 Å². The molecule has 0 spiro atoms. The Morgan fingerprint density at radius 3 is 2.16 bits per heavy atom. The number of aliphatic hydroxyl groups excluding tert-OH is 1. The van der Waals surface area contributed by atoms with Crippen LogP contribution in [-0.4, -0.2) is 61.3 Å². The normalized spacial score (nSPS) is 15.2. The molecular weight excluding hydrogens is 402 g/mol. The second-order valence-corrected chi connectivity index (χ2v) is 7.93. The number of piperazine rings is 1. The molecule has 1 saturated heterocycles. The number of carbonyl (C=O) groups is 1. The predicted octanol–water partition coefficient (Wildman–Crippen LogP) is 3.50. The molecular formula is C26H29N3O3. The van der Waals surface area contributed by atoms with Crippen molar-refractivity contribution >= 4 is 17.3 Å². The number of para-hydroxylation sites is 1. The van der Waals surface area contributed by atoms with Gasteiger partial charge in [0.15, 0.2) is 0 Å². The molecule has 166 valence electrons. The highest BCUT2D eigenvalue weighted by Crippen LogP contribution is 2.18. The molecule has 1 aliphatic heterocycles. The average Bonchev–Trinajstić information content (AvgIpc) is 2.85. The first kappa shape index (κ1) is 21.9. The number of ether oxygens (including phenoxy) is 1. The van der Waals surface area contributed by atoms with E-state index in [1.165, 1.54) is 5.69 Å². The van der Waals surface area contributed by atoms with E-state index in [0.717, 1.165) is 26.2 Å². The fourth-order valence-corrected chi connectivity index (χ4v) is 3.80. The second kappa shape index (κ2) is 10.8. The summed E-state index contributed by atoms with van der Waals surface area (Å²) in [7, 11) is 0. The number of amides is 1. The molecule has 1 fully saturated rings. The summed E-state index contributed by atoms with van der Waals surface area (Å²) in [6.45, 7) is 4.56. The van der Waals surface area contributed by atoms with Crippen LogP contribution in [0.4, 0.5) is 11.4 Å². The monoisotopic (exact) mass is 431 g/mol. The van der Waals surface area contributed by atoms with Crippen LogP contribution < -0.4 is 15.0 Å². The van der Waals surface area contributed by atoms with E-state index >= 15 is 0 Å². The zero-order valence-corrected chi connectivity index (χ0v) is 18.1. The zero-order chi connectivity index (χ0) is 22.2. The van der Waals surface area contributed by atoms with Gasteiger partial charge in [-0.05, 0) is 48.5 Å². The summed E-state index contributed by atoms with van der Waals surface area (Å²) in [5.74, 6) is 0.512. The van der Waals surface area contributed by atoms with Gasteiger partial charge in [-0.1, -0.05) is 36.4 Å². The van der Waals surface area contributed by atoms with Crippen LogP contribution >= 0.6 is 0 Å². The first-order valence-electron chi connectivity index (χ1n) is 11.0. The highest BCUT2D eigenvalue weighted by Gasteiger charge is 2.19. The van der Waals surface area contributed by atoms with Crippen LogP contribution in [0.15, 0.2) is 84.9 Å². The Hall–Kier alpha value is -3.35. The van der Waals surface area contributed by atoms with Crippen molar-refractivity contribution in [3.8, 4) is 5.75 Å². The number of nitrogens with one attached hydrogen (secondary N) is 1. The van der Waals surface area contributed by atoms with Crippen molar-refractivity contribution < 1.29 is 14.6 Å². The third kappa shape index (κ3) is 6.09. The number of β-amino-alcohol motifs (C(OH)–C–C–N with tert-alkyl or cyclic N) is 1. The minimum atomic E-state index is -0.560. The Bertz CT molecular complexity index is 972. The molecule has 0 aliphatic carbocycles. The molecule has 1 amide bonds. The summed E-state index contributed by atoms with van der Waals surface area (Å²) < 4.78 is 5.74. The number of aliphatic hydroxyl groups is 1. The summed E-state index contributed by atoms with van der Waals surface area (Å²) in [4.78, 5) is 16.9. The van der Waals surface area contributed by atoms with E-state index in [0.29, 0.717) is 23.5 Å². The molecule has 1 atom stereocenters. The smallest absolute Gasteiger partial charge is 0.255 e. The molecule has 32 heavy (non-hydrogen) atoms. The minimum absolute atomic E-state index is 0.151. The van der Waals surface area contributed by atoms with Crippen LogP contribution in [0.2, 0.25) is 0 Å². The van der Waals surface area contributed by atoms with Gasteiger partial charge in [0.1, 0.15) is 18.5 Å². The second-order valence-electron chi connectivity index (χ2n) is 7.93. The largest absolute Gasteiger partial charge is 0.491 e. The molecule has 3 aromatic carbocycles. The van der Waals surface area contributed by atoms with Crippen LogP contribution in [0.25, 0.3) is 0 Å². The van der Waals surface area contributed by atoms with E-state index in [1.807, 2.05) is 24.3 Å². The van der Waals surface area contributed by atoms with Crippen molar-refractivity contribution in [2.75, 3.05) is 49.5 Å². The van der Waals surface area contributed by atoms with E-state index < -0.39 is 6.10 Å². The van der Waals surface area contributed by atoms with Gasteiger partial charge in [-0.25, -0.2) is 0 Å². The van der Waals surface area contributed by atoms with Gasteiger partial charge in [0.05, 0.1) is 0 Å². The lowest BCUT2D eigenvalue weighted by Gasteiger charge is -2.36. The van der Waals surface area contributed by atoms with E-state index in [-0.39, 0.29) is 12.5 Å². The van der Waals surface area contributed by atoms with Crippen molar-refractivity contribution in [1.29, 1.82) is 0 Å². The number of hydrogen-bond donors (Lipinski definition) is 2. The number of rotatable bonds is 8. The number of hydrogen-bond acceptors (Lipinski definition) is 5. The van der Waals surface area contributed by atoms with E-state index in [4.69, 9.17) is 4.74 Å². The molecule has 1 aliphatic rings. The molecule has 6 heteroatoms. The summed E-state index contributed by atoms with van der Waals surface area (Å²) in [6, 6.07) is 26.7. The predicted molar refractivity (Wildman–Crippen MR) is 127 cm³/mol. The van der Waals surface area contributed by atoms with Crippen LogP contribution in [0.1, 0.15) is 10.4 Å². The summed E-state index contributed by atoms with van der Waals surface area (Å²) in [6.07, 6.45) is -0.560. The first-order valence-corrected chi connectivity index (χ1v) is 11.0. The maximum Gasteiger partial charge on any atom is 0.255 e. The lowest BCUT2D eigenvalue weighted by Crippen LogP contribution is -2.49. The zero-order valence-electron chi connectivity index (χ0n) is 18.1. The number of nitrogens with zero attached hydrogens (tertiary/aromatic N) is 2. The standard InChI is InChI=1S/C26H29N3O3/c30-24(19-28-15-17-29(18-16-28)23-9-5-2-6-10-23)20-32-25-13-11-22(12-14-25)27-26(31)21-7-3-1-4-8-21/h1-14,24,30H,15-20H2,(H,27,31). The SMILES string of the molecule is O=C(Nc1ccc(OCC(O)CN2CCN(c3ccccc3)CC2)cc1)c1ccccc1. The van der Waals surface area contributed by atoms with Crippen LogP contribution in [0, 0.1) is 0 Å². The van der Waals surface area contributed by atoms with Gasteiger partial charge in [0.2, 0.25) is 0 Å². The fourth-order valence-electron chi connectivity index (χ4n) is 3.80. The fraction of sp³-hybridized carbons (Fsp3) is 0.269. The van der Waals surface area contributed by atoms with Crippen LogP contribution in [-0.2, 0) is 0 Å². The Labute approximate surface area is 189 Å². The molecule has 0 bridgehead atoms. The molecule has 0 aromatic heterocycles. The third-order valence-electron chi connectivity index (χ3n) is 5.55. The van der Waals surface area contributed by atoms with E-state index in [2.05, 4.69) is 39.4 Å². The quantitative estimate of drug-likeness (QED) is 0.572. The number of carbonyl (C=O) groups excluding carboxylic acids is 1. The summed E-state index contributed by atoms with van der Waals surface area (Å²) >= 11 is 0. The van der Waals surface area contributed by atoms with Crippen molar-refractivity contribution in [3.05, 3.63) is 90.5 Å². The Morgan fingerprint density at radius 2 is 1.50 bits per heavy atom. The lowest BCUT2D eigenvalue weighted by atomic mass is 10.2. The van der Waals surface area contributed by atoms with E-state index in [9.17, 15) is 9.90 Å². The van der Waals surface area contributed by atoms with E-state index in [1.54, 1.807) is 36.4 Å². The number of benzene rings is 3. The first-order chi connectivity index (χ1) is 15.7. The Morgan fingerprint density at radius 1 is 0.875 bits per heavy atom. The Kier molecular flexibility index (Phi) is 7.38. The van der Waals surface area contributed by atoms with Crippen LogP contribution in [0.3, 0.4) is 0 Å². The van der Waals surface area contributed by atoms with Gasteiger partial charge < -0.3 is 20.1 Å². The molecule has 1 unspecified atom stereocenters. The summed E-state index contributed by atoms with van der Waals surface area (Å²) in [5, 5.41) is 13.3. The third-order valence-corrected chi connectivity index (χ3v) is 5.55. The lowest BCUT2D eigenvalue weighted by molar-refractivity contribution is 0.0663. The highest BCUT2D eigenvalue weighted by atomic mass is 16.5. The van der Waals surface area contributed by atoms with Gasteiger partial charge in [0, 0.05) is 49.7 Å². The van der Waals surface area contributed by atoms with Gasteiger partial charge in [0.25, 0.3) is 5.91 Å². The molecule has 6 nitrogen and oxygen atoms in total. The van der Waals surface area contributed by atoms with Gasteiger partial charge in [-0.2, -0.15) is 0 Å². The molecule has 4 rings (SSSR count). The molecule has 0 saturated carbocycles. The molecule has 1 heterocycles. The maximum absolute atomic E-state index is 12.2. The van der Waals surface area contributed by atoms with Crippen molar-refractivity contribution in [2.45, 2.75) is 6.10 Å². The molecule has 2 N–H and O–H groups in total. The number of anilines is 2. The minimum Gasteiger partial charge on any atom is -0.491 e. The maximum atomic E-state index is 12.2. The van der Waals surface area contributed by atoms with Gasteiger partial charge in [-0.15, -0.1) is 0 Å². The van der Waals surface area contributed by atoms with Gasteiger partial charge in [-0.3, -0.25) is 9.69 Å². The van der Waals surface area contributed by atoms with Gasteiger partial charge >= 0.3 is 0 Å². The average molecular weight is 432 g/mol. The topological polar surface area (TPSA) is 65.0 Å². The molecule has 0 radical (unpaired) electrons.